The quantitative estimate of drug-likeness (QED) is 0.876. The number of hydrogen-bond donors (Lipinski definition) is 1. The van der Waals surface area contributed by atoms with Crippen molar-refractivity contribution in [2.45, 2.75) is 52.6 Å². The number of anilines is 1. The maximum atomic E-state index is 5.28. The fraction of sp³-hybridized carbons (Fsp3) is 0.812. The van der Waals surface area contributed by atoms with E-state index in [1.807, 2.05) is 11.3 Å². The van der Waals surface area contributed by atoms with E-state index in [9.17, 15) is 0 Å². The van der Waals surface area contributed by atoms with Crippen LogP contribution in [0.15, 0.2) is 0 Å². The zero-order valence-electron chi connectivity index (χ0n) is 14.0. The first-order chi connectivity index (χ1) is 9.93. The van der Waals surface area contributed by atoms with Gasteiger partial charge >= 0.3 is 0 Å². The van der Waals surface area contributed by atoms with Gasteiger partial charge in [-0.25, -0.2) is 4.98 Å². The minimum Gasteiger partial charge on any atom is -0.384 e. The Labute approximate surface area is 132 Å². The minimum absolute atomic E-state index is 0.145. The lowest BCUT2D eigenvalue weighted by atomic mass is 10.1. The molecule has 0 amide bonds. The number of hydrogen-bond acceptors (Lipinski definition) is 5. The molecule has 1 unspecified atom stereocenters. The Morgan fingerprint density at radius 2 is 2.19 bits per heavy atom. The molecule has 4 nitrogen and oxygen atoms in total. The lowest BCUT2D eigenvalue weighted by Crippen LogP contribution is -2.35. The molecule has 2 heterocycles. The number of nitrogens with one attached hydrogen (secondary N) is 1. The smallest absolute Gasteiger partial charge is 0.185 e. The average molecular weight is 311 g/mol. The molecule has 1 aromatic heterocycles. The van der Waals surface area contributed by atoms with Crippen molar-refractivity contribution in [1.82, 2.24) is 10.3 Å². The topological polar surface area (TPSA) is 37.4 Å². The Bertz CT molecular complexity index is 453. The number of rotatable bonds is 6. The second kappa shape index (κ2) is 7.07. The molecule has 0 aliphatic carbocycles. The SMILES string of the molecule is CCc1nc(N2CCC(COC)C2)sc1CNC(C)(C)C. The van der Waals surface area contributed by atoms with Crippen molar-refractivity contribution in [2.24, 2.45) is 5.92 Å². The molecule has 120 valence electrons. The van der Waals surface area contributed by atoms with Gasteiger partial charge in [-0.3, -0.25) is 0 Å². The highest BCUT2D eigenvalue weighted by Gasteiger charge is 2.25. The van der Waals surface area contributed by atoms with Crippen LogP contribution in [-0.4, -0.2) is 37.3 Å². The fourth-order valence-corrected chi connectivity index (χ4v) is 3.77. The Hall–Kier alpha value is -0.650. The Morgan fingerprint density at radius 1 is 1.43 bits per heavy atom. The molecule has 1 aromatic rings. The number of aryl methyl sites for hydroxylation is 1. The van der Waals surface area contributed by atoms with Crippen molar-refractivity contribution in [3.63, 3.8) is 0 Å². The maximum absolute atomic E-state index is 5.28. The first-order valence-corrected chi connectivity index (χ1v) is 8.72. The molecule has 21 heavy (non-hydrogen) atoms. The first kappa shape index (κ1) is 16.7. The van der Waals surface area contributed by atoms with Gasteiger partial charge in [0, 0.05) is 43.1 Å². The van der Waals surface area contributed by atoms with Gasteiger partial charge in [-0.15, -0.1) is 11.3 Å². The molecule has 1 fully saturated rings. The summed E-state index contributed by atoms with van der Waals surface area (Å²) in [6, 6.07) is 0. The van der Waals surface area contributed by atoms with Gasteiger partial charge in [-0.05, 0) is 33.6 Å². The zero-order valence-corrected chi connectivity index (χ0v) is 14.8. The van der Waals surface area contributed by atoms with Crippen molar-refractivity contribution >= 4 is 16.5 Å². The Kier molecular flexibility index (Phi) is 5.63. The van der Waals surface area contributed by atoms with Crippen molar-refractivity contribution < 1.29 is 4.74 Å². The fourth-order valence-electron chi connectivity index (χ4n) is 2.64. The first-order valence-electron chi connectivity index (χ1n) is 7.90. The van der Waals surface area contributed by atoms with E-state index in [2.05, 4.69) is 37.9 Å². The number of aromatic nitrogens is 1. The van der Waals surface area contributed by atoms with E-state index in [-0.39, 0.29) is 5.54 Å². The van der Waals surface area contributed by atoms with Crippen LogP contribution >= 0.6 is 11.3 Å². The summed E-state index contributed by atoms with van der Waals surface area (Å²) in [4.78, 5) is 8.68. The summed E-state index contributed by atoms with van der Waals surface area (Å²) in [5.74, 6) is 0.653. The van der Waals surface area contributed by atoms with Crippen LogP contribution in [-0.2, 0) is 17.7 Å². The summed E-state index contributed by atoms with van der Waals surface area (Å²) in [7, 11) is 1.79. The molecule has 0 aromatic carbocycles. The van der Waals surface area contributed by atoms with E-state index >= 15 is 0 Å². The van der Waals surface area contributed by atoms with E-state index in [0.717, 1.165) is 32.7 Å². The third-order valence-electron chi connectivity index (χ3n) is 3.84. The minimum atomic E-state index is 0.145. The van der Waals surface area contributed by atoms with E-state index in [1.54, 1.807) is 7.11 Å². The summed E-state index contributed by atoms with van der Waals surface area (Å²) >= 11 is 1.85. The zero-order chi connectivity index (χ0) is 15.5. The lowest BCUT2D eigenvalue weighted by molar-refractivity contribution is 0.161. The number of nitrogens with zero attached hydrogens (tertiary/aromatic N) is 2. The van der Waals surface area contributed by atoms with Crippen LogP contribution in [0, 0.1) is 5.92 Å². The molecule has 0 radical (unpaired) electrons. The van der Waals surface area contributed by atoms with Crippen molar-refractivity contribution in [3.05, 3.63) is 10.6 Å². The highest BCUT2D eigenvalue weighted by molar-refractivity contribution is 7.15. The summed E-state index contributed by atoms with van der Waals surface area (Å²) in [5.41, 5.74) is 1.40. The van der Waals surface area contributed by atoms with Crippen LogP contribution in [0.5, 0.6) is 0 Å². The predicted octanol–water partition coefficient (Wildman–Crippen LogP) is 3.07. The monoisotopic (exact) mass is 311 g/mol. The van der Waals surface area contributed by atoms with Gasteiger partial charge in [-0.2, -0.15) is 0 Å². The van der Waals surface area contributed by atoms with Gasteiger partial charge in [-0.1, -0.05) is 6.92 Å². The lowest BCUT2D eigenvalue weighted by Gasteiger charge is -2.20. The largest absolute Gasteiger partial charge is 0.384 e. The molecule has 1 atom stereocenters. The predicted molar refractivity (Wildman–Crippen MR) is 90.3 cm³/mol. The molecular formula is C16H29N3OS. The van der Waals surface area contributed by atoms with Gasteiger partial charge in [0.05, 0.1) is 12.3 Å². The van der Waals surface area contributed by atoms with Crippen molar-refractivity contribution in [3.8, 4) is 0 Å². The second-order valence-corrected chi connectivity index (χ2v) is 7.94. The molecule has 5 heteroatoms. The highest BCUT2D eigenvalue weighted by atomic mass is 32.1. The van der Waals surface area contributed by atoms with Crippen LogP contribution in [0.1, 0.15) is 44.7 Å². The second-order valence-electron chi connectivity index (χ2n) is 6.88. The molecule has 1 aliphatic heterocycles. The van der Waals surface area contributed by atoms with Gasteiger partial charge in [0.1, 0.15) is 0 Å². The van der Waals surface area contributed by atoms with Gasteiger partial charge < -0.3 is 15.0 Å². The summed E-state index contributed by atoms with van der Waals surface area (Å²) < 4.78 is 5.28. The number of ether oxygens (including phenoxy) is 1. The van der Waals surface area contributed by atoms with Gasteiger partial charge in [0.15, 0.2) is 5.13 Å². The van der Waals surface area contributed by atoms with Gasteiger partial charge in [0.2, 0.25) is 0 Å². The van der Waals surface area contributed by atoms with E-state index in [0.29, 0.717) is 5.92 Å². The van der Waals surface area contributed by atoms with Crippen molar-refractivity contribution in [2.75, 3.05) is 31.7 Å². The molecule has 1 saturated heterocycles. The summed E-state index contributed by atoms with van der Waals surface area (Å²) in [5, 5.41) is 4.77. The maximum Gasteiger partial charge on any atom is 0.185 e. The normalized spacial score (nSPS) is 19.5. The molecular weight excluding hydrogens is 282 g/mol. The summed E-state index contributed by atoms with van der Waals surface area (Å²) in [6.07, 6.45) is 2.22. The van der Waals surface area contributed by atoms with Crippen molar-refractivity contribution in [1.29, 1.82) is 0 Å². The standard InChI is InChI=1S/C16H29N3OS/c1-6-13-14(9-17-16(2,3)4)21-15(18-13)19-8-7-12(10-19)11-20-5/h12,17H,6-11H2,1-5H3. The highest BCUT2D eigenvalue weighted by Crippen LogP contribution is 2.31. The van der Waals surface area contributed by atoms with Crippen LogP contribution in [0.4, 0.5) is 5.13 Å². The molecule has 1 aliphatic rings. The van der Waals surface area contributed by atoms with Crippen LogP contribution < -0.4 is 10.2 Å². The third kappa shape index (κ3) is 4.66. The third-order valence-corrected chi connectivity index (χ3v) is 5.00. The van der Waals surface area contributed by atoms with E-state index in [4.69, 9.17) is 9.72 Å². The van der Waals surface area contributed by atoms with Crippen LogP contribution in [0.3, 0.4) is 0 Å². The van der Waals surface area contributed by atoms with E-state index in [1.165, 1.54) is 22.1 Å². The number of thiazole rings is 1. The molecule has 1 N–H and O–H groups in total. The summed E-state index contributed by atoms with van der Waals surface area (Å²) in [6.45, 7) is 12.8. The molecule has 0 saturated carbocycles. The molecule has 2 rings (SSSR count). The Balaban J connectivity index is 2.03. The average Bonchev–Trinajstić information content (AvgIpc) is 3.01. The van der Waals surface area contributed by atoms with Gasteiger partial charge in [0.25, 0.3) is 0 Å². The van der Waals surface area contributed by atoms with E-state index < -0.39 is 0 Å². The number of methoxy groups -OCH3 is 1. The van der Waals surface area contributed by atoms with Crippen LogP contribution in [0.25, 0.3) is 0 Å². The molecule has 0 spiro atoms. The van der Waals surface area contributed by atoms with Crippen LogP contribution in [0.2, 0.25) is 0 Å². The Morgan fingerprint density at radius 3 is 2.81 bits per heavy atom. The molecule has 0 bridgehead atoms.